The first-order valence-corrected chi connectivity index (χ1v) is 5.20. The van der Waals surface area contributed by atoms with E-state index in [1.54, 1.807) is 0 Å². The van der Waals surface area contributed by atoms with Crippen LogP contribution in [0.15, 0.2) is 0 Å². The fraction of sp³-hybridized carbons (Fsp3) is 0.571. The van der Waals surface area contributed by atoms with Crippen molar-refractivity contribution in [1.29, 1.82) is 0 Å². The molecule has 0 aliphatic heterocycles. The minimum Gasteiger partial charge on any atom is -0.480 e. The molecule has 0 aromatic heterocycles. The summed E-state index contributed by atoms with van der Waals surface area (Å²) in [6.07, 6.45) is 0. The van der Waals surface area contributed by atoms with Crippen LogP contribution in [0.2, 0.25) is 0 Å². The SMILES string of the molecule is CC(=O)NNC(=O)CSC[C@H](N)C(=O)O. The van der Waals surface area contributed by atoms with Crippen LogP contribution >= 0.6 is 11.8 Å². The zero-order chi connectivity index (χ0) is 11.8. The topological polar surface area (TPSA) is 122 Å². The van der Waals surface area contributed by atoms with Gasteiger partial charge in [0.25, 0.3) is 0 Å². The van der Waals surface area contributed by atoms with Crippen LogP contribution in [-0.4, -0.2) is 40.4 Å². The normalized spacial score (nSPS) is 11.6. The largest absolute Gasteiger partial charge is 0.480 e. The van der Waals surface area contributed by atoms with Gasteiger partial charge in [-0.3, -0.25) is 25.2 Å². The summed E-state index contributed by atoms with van der Waals surface area (Å²) in [5.74, 6) is -1.71. The molecule has 1 atom stereocenters. The first-order chi connectivity index (χ1) is 6.93. The molecule has 0 unspecified atom stereocenters. The summed E-state index contributed by atoms with van der Waals surface area (Å²) in [5, 5.41) is 8.43. The highest BCUT2D eigenvalue weighted by Crippen LogP contribution is 2.00. The highest BCUT2D eigenvalue weighted by molar-refractivity contribution is 8.00. The number of hydrogen-bond donors (Lipinski definition) is 4. The Morgan fingerprint density at radius 3 is 2.47 bits per heavy atom. The molecule has 0 saturated carbocycles. The van der Waals surface area contributed by atoms with E-state index in [4.69, 9.17) is 10.8 Å². The van der Waals surface area contributed by atoms with Crippen LogP contribution in [0.25, 0.3) is 0 Å². The van der Waals surface area contributed by atoms with Crippen molar-refractivity contribution in [3.8, 4) is 0 Å². The molecule has 15 heavy (non-hydrogen) atoms. The van der Waals surface area contributed by atoms with Crippen LogP contribution in [-0.2, 0) is 14.4 Å². The molecule has 0 bridgehead atoms. The van der Waals surface area contributed by atoms with Crippen molar-refractivity contribution in [2.24, 2.45) is 5.73 Å². The van der Waals surface area contributed by atoms with E-state index < -0.39 is 17.9 Å². The monoisotopic (exact) mass is 235 g/mol. The number of hydrazine groups is 1. The van der Waals surface area contributed by atoms with Crippen LogP contribution in [0.5, 0.6) is 0 Å². The molecule has 8 heteroatoms. The van der Waals surface area contributed by atoms with Gasteiger partial charge in [-0.1, -0.05) is 0 Å². The Morgan fingerprint density at radius 2 is 2.00 bits per heavy atom. The molecule has 0 fully saturated rings. The van der Waals surface area contributed by atoms with Crippen LogP contribution in [0.1, 0.15) is 6.92 Å². The lowest BCUT2D eigenvalue weighted by Crippen LogP contribution is -2.41. The van der Waals surface area contributed by atoms with Gasteiger partial charge in [-0.05, 0) is 0 Å². The number of carboxylic acid groups (broad SMARTS) is 1. The van der Waals surface area contributed by atoms with E-state index in [-0.39, 0.29) is 17.4 Å². The summed E-state index contributed by atoms with van der Waals surface area (Å²) in [5.41, 5.74) is 9.45. The Bertz CT molecular complexity index is 259. The molecule has 7 nitrogen and oxygen atoms in total. The number of nitrogens with two attached hydrogens (primary N) is 1. The fourth-order valence-electron chi connectivity index (χ4n) is 0.544. The third-order valence-corrected chi connectivity index (χ3v) is 2.29. The van der Waals surface area contributed by atoms with Gasteiger partial charge >= 0.3 is 5.97 Å². The molecule has 0 saturated heterocycles. The van der Waals surface area contributed by atoms with E-state index in [2.05, 4.69) is 10.9 Å². The second-order valence-electron chi connectivity index (χ2n) is 2.69. The summed E-state index contributed by atoms with van der Waals surface area (Å²) in [4.78, 5) is 31.6. The van der Waals surface area contributed by atoms with Crippen molar-refractivity contribution in [2.75, 3.05) is 11.5 Å². The second kappa shape index (κ2) is 7.07. The number of carbonyl (C=O) groups is 3. The Labute approximate surface area is 90.7 Å². The summed E-state index contributed by atoms with van der Waals surface area (Å²) in [6, 6.07) is -0.983. The first-order valence-electron chi connectivity index (χ1n) is 4.05. The minimum atomic E-state index is -1.11. The molecule has 0 heterocycles. The Hall–Kier alpha value is -1.28. The average molecular weight is 235 g/mol. The number of carboxylic acids is 1. The average Bonchev–Trinajstić information content (AvgIpc) is 2.14. The number of aliphatic carboxylic acids is 1. The van der Waals surface area contributed by atoms with Gasteiger partial charge in [-0.2, -0.15) is 0 Å². The van der Waals surface area contributed by atoms with E-state index in [9.17, 15) is 14.4 Å². The molecule has 0 aliphatic carbocycles. The molecule has 2 amide bonds. The fourth-order valence-corrected chi connectivity index (χ4v) is 1.32. The van der Waals surface area contributed by atoms with Gasteiger partial charge in [0, 0.05) is 12.7 Å². The van der Waals surface area contributed by atoms with Crippen molar-refractivity contribution in [3.63, 3.8) is 0 Å². The highest BCUT2D eigenvalue weighted by atomic mass is 32.2. The predicted octanol–water partition coefficient (Wildman–Crippen LogP) is -1.70. The molecule has 0 spiro atoms. The molecule has 0 radical (unpaired) electrons. The lowest BCUT2D eigenvalue weighted by Gasteiger charge is -2.06. The zero-order valence-corrected chi connectivity index (χ0v) is 8.97. The second-order valence-corrected chi connectivity index (χ2v) is 3.72. The van der Waals surface area contributed by atoms with Crippen LogP contribution in [0, 0.1) is 0 Å². The first kappa shape index (κ1) is 13.7. The quantitative estimate of drug-likeness (QED) is 0.421. The van der Waals surface area contributed by atoms with Gasteiger partial charge in [0.05, 0.1) is 5.75 Å². The number of hydrogen-bond acceptors (Lipinski definition) is 5. The highest BCUT2D eigenvalue weighted by Gasteiger charge is 2.12. The van der Waals surface area contributed by atoms with Gasteiger partial charge in [0.15, 0.2) is 0 Å². The van der Waals surface area contributed by atoms with Gasteiger partial charge in [-0.15, -0.1) is 11.8 Å². The molecular formula is C7H13N3O4S. The number of thioether (sulfide) groups is 1. The zero-order valence-electron chi connectivity index (χ0n) is 8.15. The summed E-state index contributed by atoms with van der Waals surface area (Å²) in [7, 11) is 0. The van der Waals surface area contributed by atoms with E-state index >= 15 is 0 Å². The molecule has 86 valence electrons. The number of nitrogens with one attached hydrogen (secondary N) is 2. The molecular weight excluding hydrogens is 222 g/mol. The lowest BCUT2D eigenvalue weighted by atomic mass is 10.4. The summed E-state index contributed by atoms with van der Waals surface area (Å²) in [6.45, 7) is 1.26. The van der Waals surface area contributed by atoms with Gasteiger partial charge in [-0.25, -0.2) is 0 Å². The number of amides is 2. The van der Waals surface area contributed by atoms with Crippen molar-refractivity contribution < 1.29 is 19.5 Å². The number of rotatable bonds is 5. The lowest BCUT2D eigenvalue weighted by molar-refractivity contribution is -0.138. The van der Waals surface area contributed by atoms with Gasteiger partial charge in [0.2, 0.25) is 11.8 Å². The van der Waals surface area contributed by atoms with Crippen molar-refractivity contribution in [1.82, 2.24) is 10.9 Å². The number of carbonyl (C=O) groups excluding carboxylic acids is 2. The molecule has 0 aromatic rings. The van der Waals surface area contributed by atoms with Crippen molar-refractivity contribution in [2.45, 2.75) is 13.0 Å². The van der Waals surface area contributed by atoms with Crippen LogP contribution in [0.3, 0.4) is 0 Å². The predicted molar refractivity (Wildman–Crippen MR) is 54.9 cm³/mol. The van der Waals surface area contributed by atoms with Crippen LogP contribution < -0.4 is 16.6 Å². The Kier molecular flexibility index (Phi) is 6.47. The Morgan fingerprint density at radius 1 is 1.40 bits per heavy atom. The van der Waals surface area contributed by atoms with E-state index in [1.807, 2.05) is 0 Å². The van der Waals surface area contributed by atoms with E-state index in [1.165, 1.54) is 6.92 Å². The molecule has 0 aliphatic rings. The molecule has 0 aromatic carbocycles. The minimum absolute atomic E-state index is 0.0429. The van der Waals surface area contributed by atoms with Crippen LogP contribution in [0.4, 0.5) is 0 Å². The molecule has 0 rings (SSSR count). The van der Waals surface area contributed by atoms with Crippen molar-refractivity contribution >= 4 is 29.5 Å². The molecule has 5 N–H and O–H groups in total. The van der Waals surface area contributed by atoms with Crippen molar-refractivity contribution in [3.05, 3.63) is 0 Å². The smallest absolute Gasteiger partial charge is 0.321 e. The maximum atomic E-state index is 11.0. The standard InChI is InChI=1S/C7H13N3O4S/c1-4(11)9-10-6(12)3-15-2-5(8)7(13)14/h5H,2-3,8H2,1H3,(H,9,11)(H,10,12)(H,13,14)/t5-/m0/s1. The Balaban J connectivity index is 3.55. The van der Waals surface area contributed by atoms with E-state index in [0.717, 1.165) is 11.8 Å². The maximum Gasteiger partial charge on any atom is 0.321 e. The van der Waals surface area contributed by atoms with Gasteiger partial charge < -0.3 is 10.8 Å². The third-order valence-electron chi connectivity index (χ3n) is 1.23. The summed E-state index contributed by atoms with van der Waals surface area (Å²) < 4.78 is 0. The maximum absolute atomic E-state index is 11.0. The third kappa shape index (κ3) is 7.77. The van der Waals surface area contributed by atoms with E-state index in [0.29, 0.717) is 0 Å². The van der Waals surface area contributed by atoms with Gasteiger partial charge in [0.1, 0.15) is 6.04 Å². The summed E-state index contributed by atoms with van der Waals surface area (Å²) >= 11 is 1.08.